The van der Waals surface area contributed by atoms with Gasteiger partial charge in [-0.15, -0.1) is 0 Å². The van der Waals surface area contributed by atoms with Crippen LogP contribution in [0.4, 0.5) is 5.69 Å². The lowest BCUT2D eigenvalue weighted by Crippen LogP contribution is -2.29. The zero-order valence-electron chi connectivity index (χ0n) is 17.3. The van der Waals surface area contributed by atoms with Crippen molar-refractivity contribution >= 4 is 31.7 Å². The summed E-state index contributed by atoms with van der Waals surface area (Å²) in [7, 11) is -6.45. The predicted molar refractivity (Wildman–Crippen MR) is 115 cm³/mol. The Labute approximate surface area is 177 Å². The van der Waals surface area contributed by atoms with Crippen LogP contribution in [0.1, 0.15) is 29.5 Å². The van der Waals surface area contributed by atoms with Crippen molar-refractivity contribution in [3.63, 3.8) is 0 Å². The van der Waals surface area contributed by atoms with Gasteiger partial charge < -0.3 is 5.11 Å². The van der Waals surface area contributed by atoms with Crippen LogP contribution in [0.15, 0.2) is 46.2 Å². The molecule has 0 aliphatic carbocycles. The molecule has 2 aromatic carbocycles. The first-order valence-electron chi connectivity index (χ1n) is 9.24. The van der Waals surface area contributed by atoms with E-state index in [0.717, 1.165) is 9.87 Å². The Kier molecular flexibility index (Phi) is 7.27. The summed E-state index contributed by atoms with van der Waals surface area (Å²) >= 11 is 0. The highest BCUT2D eigenvalue weighted by Gasteiger charge is 2.25. The van der Waals surface area contributed by atoms with E-state index in [4.69, 9.17) is 5.11 Å². The summed E-state index contributed by atoms with van der Waals surface area (Å²) < 4.78 is 54.9. The number of anilines is 1. The fourth-order valence-electron chi connectivity index (χ4n) is 2.97. The van der Waals surface area contributed by atoms with Crippen molar-refractivity contribution in [2.75, 3.05) is 17.9 Å². The molecule has 164 valence electrons. The van der Waals surface area contributed by atoms with Gasteiger partial charge in [-0.1, -0.05) is 23.8 Å². The molecule has 0 unspecified atom stereocenters. The number of carboxylic acids is 1. The number of hydrogen-bond donors (Lipinski definition) is 2. The number of carboxylic acid groups (broad SMARTS) is 1. The van der Waals surface area contributed by atoms with Crippen LogP contribution in [0.3, 0.4) is 0 Å². The maximum atomic E-state index is 13.0. The third-order valence-electron chi connectivity index (χ3n) is 4.66. The van der Waals surface area contributed by atoms with E-state index in [0.29, 0.717) is 11.1 Å². The molecule has 2 aromatic rings. The molecule has 8 nitrogen and oxygen atoms in total. The molecule has 0 heterocycles. The van der Waals surface area contributed by atoms with Gasteiger partial charge in [0.05, 0.1) is 15.5 Å². The number of sulfonamides is 2. The Hall–Kier alpha value is -2.43. The van der Waals surface area contributed by atoms with Gasteiger partial charge in [0, 0.05) is 20.0 Å². The van der Waals surface area contributed by atoms with Crippen molar-refractivity contribution < 1.29 is 26.7 Å². The van der Waals surface area contributed by atoms with E-state index in [2.05, 4.69) is 4.72 Å². The minimum atomic E-state index is -3.94. The molecule has 0 bridgehead atoms. The largest absolute Gasteiger partial charge is 0.481 e. The van der Waals surface area contributed by atoms with Crippen LogP contribution in [0, 0.1) is 20.8 Å². The van der Waals surface area contributed by atoms with Crippen LogP contribution in [-0.2, 0) is 24.8 Å². The average Bonchev–Trinajstić information content (AvgIpc) is 2.65. The normalized spacial score (nSPS) is 12.0. The molecule has 0 amide bonds. The molecule has 10 heteroatoms. The van der Waals surface area contributed by atoms with Crippen molar-refractivity contribution in [3.05, 3.63) is 53.1 Å². The molecule has 2 N–H and O–H groups in total. The van der Waals surface area contributed by atoms with Gasteiger partial charge in [0.15, 0.2) is 0 Å². The quantitative estimate of drug-likeness (QED) is 0.562. The molecule has 0 fully saturated rings. The third-order valence-corrected chi connectivity index (χ3v) is 8.05. The average molecular weight is 455 g/mol. The van der Waals surface area contributed by atoms with E-state index >= 15 is 0 Å². The van der Waals surface area contributed by atoms with E-state index in [9.17, 15) is 21.6 Å². The molecule has 0 aliphatic rings. The first kappa shape index (κ1) is 23.8. The lowest BCUT2D eigenvalue weighted by Gasteiger charge is -2.23. The highest BCUT2D eigenvalue weighted by atomic mass is 32.2. The second-order valence-corrected chi connectivity index (χ2v) is 10.8. The van der Waals surface area contributed by atoms with Gasteiger partial charge >= 0.3 is 5.97 Å². The van der Waals surface area contributed by atoms with E-state index in [1.165, 1.54) is 25.2 Å². The first-order valence-corrected chi connectivity index (χ1v) is 12.2. The van der Waals surface area contributed by atoms with Crippen molar-refractivity contribution in [2.45, 2.75) is 43.4 Å². The van der Waals surface area contributed by atoms with Crippen molar-refractivity contribution in [2.24, 2.45) is 0 Å². The zero-order valence-corrected chi connectivity index (χ0v) is 19.0. The van der Waals surface area contributed by atoms with Gasteiger partial charge in [0.1, 0.15) is 0 Å². The Balaban J connectivity index is 2.40. The summed E-state index contributed by atoms with van der Waals surface area (Å²) in [4.78, 5) is 10.6. The minimum absolute atomic E-state index is 0.0329. The lowest BCUT2D eigenvalue weighted by atomic mass is 10.1. The Morgan fingerprint density at radius 1 is 1.00 bits per heavy atom. The fourth-order valence-corrected chi connectivity index (χ4v) is 5.54. The Bertz CT molecular complexity index is 1140. The van der Waals surface area contributed by atoms with Gasteiger partial charge in [-0.25, -0.2) is 21.6 Å². The Morgan fingerprint density at radius 2 is 1.60 bits per heavy atom. The number of nitrogens with zero attached hydrogens (tertiary/aromatic N) is 1. The van der Waals surface area contributed by atoms with E-state index in [-0.39, 0.29) is 34.9 Å². The molecule has 0 radical (unpaired) electrons. The number of benzene rings is 2. The van der Waals surface area contributed by atoms with Crippen molar-refractivity contribution in [1.82, 2.24) is 4.72 Å². The van der Waals surface area contributed by atoms with Crippen LogP contribution in [0.25, 0.3) is 0 Å². The summed E-state index contributed by atoms with van der Waals surface area (Å²) in [6, 6.07) is 9.34. The maximum absolute atomic E-state index is 13.0. The molecule has 30 heavy (non-hydrogen) atoms. The van der Waals surface area contributed by atoms with Crippen LogP contribution >= 0.6 is 0 Å². The SMILES string of the molecule is Cc1ccc(S(=O)(=O)N(C)c2cc(S(=O)(=O)NCCCC(=O)O)c(C)cc2C)cc1. The van der Waals surface area contributed by atoms with E-state index in [1.54, 1.807) is 32.0 Å². The topological polar surface area (TPSA) is 121 Å². The van der Waals surface area contributed by atoms with Crippen LogP contribution in [0.2, 0.25) is 0 Å². The molecule has 0 saturated carbocycles. The number of nitrogens with one attached hydrogen (secondary N) is 1. The number of hydrogen-bond acceptors (Lipinski definition) is 5. The molecule has 0 atom stereocenters. The van der Waals surface area contributed by atoms with E-state index < -0.39 is 26.0 Å². The highest BCUT2D eigenvalue weighted by Crippen LogP contribution is 2.30. The maximum Gasteiger partial charge on any atom is 0.303 e. The standard InChI is InChI=1S/C20H26N2O6S2/c1-14-7-9-17(10-8-14)30(27,28)22(4)18-13-19(16(3)12-15(18)2)29(25,26)21-11-5-6-20(23)24/h7-10,12-13,21H,5-6,11H2,1-4H3,(H,23,24). The van der Waals surface area contributed by atoms with Crippen LogP contribution in [0.5, 0.6) is 0 Å². The predicted octanol–water partition coefficient (Wildman–Crippen LogP) is 2.58. The van der Waals surface area contributed by atoms with E-state index in [1.807, 2.05) is 6.92 Å². The van der Waals surface area contributed by atoms with Crippen molar-refractivity contribution in [3.8, 4) is 0 Å². The Morgan fingerprint density at radius 3 is 2.17 bits per heavy atom. The summed E-state index contributed by atoms with van der Waals surface area (Å²) in [5, 5.41) is 8.68. The van der Waals surface area contributed by atoms with Gasteiger partial charge in [-0.05, 0) is 56.5 Å². The lowest BCUT2D eigenvalue weighted by molar-refractivity contribution is -0.137. The second-order valence-electron chi connectivity index (χ2n) is 7.08. The van der Waals surface area contributed by atoms with Crippen LogP contribution in [-0.4, -0.2) is 41.5 Å². The molecule has 0 aliphatic heterocycles. The molecule has 0 aromatic heterocycles. The number of aliphatic carboxylic acids is 1. The minimum Gasteiger partial charge on any atom is -0.481 e. The van der Waals surface area contributed by atoms with Gasteiger partial charge in [0.25, 0.3) is 10.0 Å². The van der Waals surface area contributed by atoms with Gasteiger partial charge in [0.2, 0.25) is 10.0 Å². The highest BCUT2D eigenvalue weighted by molar-refractivity contribution is 7.92. The molecular formula is C20H26N2O6S2. The molecule has 0 saturated heterocycles. The summed E-state index contributed by atoms with van der Waals surface area (Å²) in [5.74, 6) is -1.01. The summed E-state index contributed by atoms with van der Waals surface area (Å²) in [6.07, 6.45) is -0.00772. The van der Waals surface area contributed by atoms with Gasteiger partial charge in [-0.2, -0.15) is 0 Å². The van der Waals surface area contributed by atoms with Crippen molar-refractivity contribution in [1.29, 1.82) is 0 Å². The monoisotopic (exact) mass is 454 g/mol. The molecular weight excluding hydrogens is 428 g/mol. The summed E-state index contributed by atoms with van der Waals surface area (Å²) in [6.45, 7) is 5.15. The number of aryl methyl sites for hydroxylation is 3. The fraction of sp³-hybridized carbons (Fsp3) is 0.350. The van der Waals surface area contributed by atoms with Crippen LogP contribution < -0.4 is 9.03 Å². The number of rotatable bonds is 9. The molecule has 0 spiro atoms. The first-order chi connectivity index (χ1) is 13.9. The third kappa shape index (κ3) is 5.38. The number of carbonyl (C=O) groups is 1. The smallest absolute Gasteiger partial charge is 0.303 e. The summed E-state index contributed by atoms with van der Waals surface area (Å²) in [5.41, 5.74) is 2.23. The second kappa shape index (κ2) is 9.15. The molecule has 2 rings (SSSR count). The zero-order chi connectivity index (χ0) is 22.7. The van der Waals surface area contributed by atoms with Gasteiger partial charge in [-0.3, -0.25) is 9.10 Å².